The van der Waals surface area contributed by atoms with Gasteiger partial charge in [-0.15, -0.1) is 0 Å². The number of rotatable bonds is 0. The second-order valence-electron chi connectivity index (χ2n) is 4.24. The Labute approximate surface area is 79.4 Å². The van der Waals surface area contributed by atoms with Crippen molar-refractivity contribution in [2.24, 2.45) is 0 Å². The van der Waals surface area contributed by atoms with Gasteiger partial charge >= 0.3 is 6.09 Å². The van der Waals surface area contributed by atoms with Gasteiger partial charge in [0.2, 0.25) is 0 Å². The topological polar surface area (TPSA) is 32.8 Å². The van der Waals surface area contributed by atoms with E-state index in [4.69, 9.17) is 4.74 Å². The molecule has 0 saturated carbocycles. The molecule has 4 heteroatoms. The van der Waals surface area contributed by atoms with E-state index in [-0.39, 0.29) is 11.6 Å². The van der Waals surface area contributed by atoms with Crippen LogP contribution in [0.4, 0.5) is 4.79 Å². The summed E-state index contributed by atoms with van der Waals surface area (Å²) >= 11 is 0. The second kappa shape index (κ2) is 3.54. The maximum absolute atomic E-state index is 11.3. The minimum atomic E-state index is -0.257. The van der Waals surface area contributed by atoms with Crippen molar-refractivity contribution in [3.05, 3.63) is 0 Å². The van der Waals surface area contributed by atoms with Gasteiger partial charge < -0.3 is 4.74 Å². The zero-order valence-electron chi connectivity index (χ0n) is 8.83. The van der Waals surface area contributed by atoms with Gasteiger partial charge in [0, 0.05) is 18.6 Å². The Kier molecular flexibility index (Phi) is 2.81. The van der Waals surface area contributed by atoms with Gasteiger partial charge in [-0.25, -0.2) is 14.8 Å². The highest BCUT2D eigenvalue weighted by molar-refractivity contribution is 5.67. The minimum Gasteiger partial charge on any atom is -0.452 e. The molecule has 0 aromatic heterocycles. The Morgan fingerprint density at radius 1 is 1.31 bits per heavy atom. The molecular formula is C9H18N2O2. The Bertz CT molecular complexity index is 198. The first kappa shape index (κ1) is 10.3. The maximum Gasteiger partial charge on any atom is 0.424 e. The van der Waals surface area contributed by atoms with E-state index < -0.39 is 0 Å². The first-order chi connectivity index (χ1) is 5.96. The van der Waals surface area contributed by atoms with Gasteiger partial charge in [-0.05, 0) is 27.2 Å². The van der Waals surface area contributed by atoms with Crippen LogP contribution < -0.4 is 0 Å². The molecule has 0 N–H and O–H groups in total. The Hall–Kier alpha value is -0.770. The van der Waals surface area contributed by atoms with E-state index in [9.17, 15) is 4.79 Å². The van der Waals surface area contributed by atoms with Crippen molar-refractivity contribution in [2.45, 2.75) is 32.7 Å². The number of ether oxygens (including phenoxy) is 1. The summed E-state index contributed by atoms with van der Waals surface area (Å²) in [7, 11) is 1.42. The highest BCUT2D eigenvalue weighted by Crippen LogP contribution is 2.22. The number of hydrogen-bond acceptors (Lipinski definition) is 3. The molecule has 1 aliphatic heterocycles. The normalized spacial score (nSPS) is 19.2. The molecule has 1 aliphatic rings. The summed E-state index contributed by atoms with van der Waals surface area (Å²) < 4.78 is 4.70. The molecule has 1 amide bonds. The van der Waals surface area contributed by atoms with E-state index in [1.54, 1.807) is 5.01 Å². The molecule has 0 unspecified atom stereocenters. The van der Waals surface area contributed by atoms with Crippen molar-refractivity contribution in [1.82, 2.24) is 10.0 Å². The third-order valence-electron chi connectivity index (χ3n) is 2.19. The molecule has 1 rings (SSSR count). The van der Waals surface area contributed by atoms with E-state index >= 15 is 0 Å². The highest BCUT2D eigenvalue weighted by atomic mass is 16.5. The maximum atomic E-state index is 11.3. The molecule has 1 saturated heterocycles. The smallest absolute Gasteiger partial charge is 0.424 e. The molecule has 0 bridgehead atoms. The number of hydrazine groups is 1. The van der Waals surface area contributed by atoms with Crippen molar-refractivity contribution in [3.63, 3.8) is 0 Å². The van der Waals surface area contributed by atoms with E-state index in [0.717, 1.165) is 19.5 Å². The molecule has 0 atom stereocenters. The van der Waals surface area contributed by atoms with Gasteiger partial charge in [-0.2, -0.15) is 0 Å². The number of methoxy groups -OCH3 is 1. The Morgan fingerprint density at radius 2 is 1.92 bits per heavy atom. The third-order valence-corrected chi connectivity index (χ3v) is 2.19. The lowest BCUT2D eigenvalue weighted by atomic mass is 10.1. The zero-order chi connectivity index (χ0) is 10.1. The largest absolute Gasteiger partial charge is 0.452 e. The van der Waals surface area contributed by atoms with Gasteiger partial charge in [0.05, 0.1) is 7.11 Å². The second-order valence-corrected chi connectivity index (χ2v) is 4.24. The predicted octanol–water partition coefficient (Wildman–Crippen LogP) is 1.47. The zero-order valence-corrected chi connectivity index (χ0v) is 8.83. The fourth-order valence-electron chi connectivity index (χ4n) is 1.60. The SMILES string of the molecule is COC(=O)N1CCCN1C(C)(C)C. The van der Waals surface area contributed by atoms with Gasteiger partial charge in [-0.3, -0.25) is 0 Å². The third kappa shape index (κ3) is 2.12. The fourth-order valence-corrected chi connectivity index (χ4v) is 1.60. The fraction of sp³-hybridized carbons (Fsp3) is 0.889. The lowest BCUT2D eigenvalue weighted by molar-refractivity contribution is -0.0362. The monoisotopic (exact) mass is 186 g/mol. The molecular weight excluding hydrogens is 168 g/mol. The summed E-state index contributed by atoms with van der Waals surface area (Å²) in [4.78, 5) is 11.3. The van der Waals surface area contributed by atoms with Crippen LogP contribution in [0.5, 0.6) is 0 Å². The van der Waals surface area contributed by atoms with Crippen LogP contribution >= 0.6 is 0 Å². The predicted molar refractivity (Wildman–Crippen MR) is 50.2 cm³/mol. The van der Waals surface area contributed by atoms with Crippen LogP contribution in [-0.4, -0.2) is 41.8 Å². The van der Waals surface area contributed by atoms with Crippen LogP contribution in [0.2, 0.25) is 0 Å². The lowest BCUT2D eigenvalue weighted by Crippen LogP contribution is -2.51. The van der Waals surface area contributed by atoms with Gasteiger partial charge in [0.25, 0.3) is 0 Å². The molecule has 13 heavy (non-hydrogen) atoms. The van der Waals surface area contributed by atoms with Crippen molar-refractivity contribution >= 4 is 6.09 Å². The van der Waals surface area contributed by atoms with Crippen LogP contribution in [0.3, 0.4) is 0 Å². The highest BCUT2D eigenvalue weighted by Gasteiger charge is 2.34. The molecule has 76 valence electrons. The average molecular weight is 186 g/mol. The summed E-state index contributed by atoms with van der Waals surface area (Å²) in [6.07, 6.45) is 0.763. The van der Waals surface area contributed by atoms with E-state index in [1.165, 1.54) is 7.11 Å². The van der Waals surface area contributed by atoms with Gasteiger partial charge in [0.1, 0.15) is 0 Å². The summed E-state index contributed by atoms with van der Waals surface area (Å²) in [5.41, 5.74) is -0.00924. The molecule has 4 nitrogen and oxygen atoms in total. The molecule has 0 aliphatic carbocycles. The van der Waals surface area contributed by atoms with Crippen LogP contribution in [0.15, 0.2) is 0 Å². The van der Waals surface area contributed by atoms with Gasteiger partial charge in [0.15, 0.2) is 0 Å². The van der Waals surface area contributed by atoms with Crippen molar-refractivity contribution in [1.29, 1.82) is 0 Å². The van der Waals surface area contributed by atoms with Gasteiger partial charge in [-0.1, -0.05) is 0 Å². The van der Waals surface area contributed by atoms with E-state index in [0.29, 0.717) is 0 Å². The van der Waals surface area contributed by atoms with Crippen LogP contribution in [0, 0.1) is 0 Å². The summed E-state index contributed by atoms with van der Waals surface area (Å²) in [6.45, 7) is 7.97. The number of carbonyl (C=O) groups excluding carboxylic acids is 1. The van der Waals surface area contributed by atoms with Crippen molar-refractivity contribution < 1.29 is 9.53 Å². The average Bonchev–Trinajstić information content (AvgIpc) is 2.49. The van der Waals surface area contributed by atoms with Crippen molar-refractivity contribution in [2.75, 3.05) is 20.2 Å². The molecule has 0 aromatic carbocycles. The van der Waals surface area contributed by atoms with E-state index in [1.807, 2.05) is 0 Å². The number of hydrogen-bond donors (Lipinski definition) is 0. The van der Waals surface area contributed by atoms with Crippen molar-refractivity contribution in [3.8, 4) is 0 Å². The summed E-state index contributed by atoms with van der Waals surface area (Å²) in [5, 5.41) is 3.73. The molecule has 1 fully saturated rings. The van der Waals surface area contributed by atoms with Crippen LogP contribution in [0.1, 0.15) is 27.2 Å². The number of carbonyl (C=O) groups is 1. The van der Waals surface area contributed by atoms with Crippen LogP contribution in [-0.2, 0) is 4.74 Å². The molecule has 1 heterocycles. The summed E-state index contributed by atoms with van der Waals surface area (Å²) in [5.74, 6) is 0. The number of amides is 1. The standard InChI is InChI=1S/C9H18N2O2/c1-9(2,3)11-7-5-6-10(11)8(12)13-4/h5-7H2,1-4H3. The Balaban J connectivity index is 2.70. The first-order valence-corrected chi connectivity index (χ1v) is 4.60. The first-order valence-electron chi connectivity index (χ1n) is 4.60. The minimum absolute atomic E-state index is 0.00924. The molecule has 0 radical (unpaired) electrons. The molecule has 0 spiro atoms. The summed E-state index contributed by atoms with van der Waals surface area (Å²) in [6, 6.07) is 0. The van der Waals surface area contributed by atoms with E-state index in [2.05, 4.69) is 25.8 Å². The lowest BCUT2D eigenvalue weighted by Gasteiger charge is -2.37. The Morgan fingerprint density at radius 3 is 2.38 bits per heavy atom. The molecule has 0 aromatic rings. The quantitative estimate of drug-likeness (QED) is 0.574. The number of nitrogens with zero attached hydrogens (tertiary/aromatic N) is 2. The van der Waals surface area contributed by atoms with Crippen LogP contribution in [0.25, 0.3) is 0 Å².